The molecule has 1 aliphatic heterocycles. The fourth-order valence-electron chi connectivity index (χ4n) is 2.93. The third-order valence-electron chi connectivity index (χ3n) is 4.05. The van der Waals surface area contributed by atoms with E-state index in [2.05, 4.69) is 29.3 Å². The first-order valence-corrected chi connectivity index (χ1v) is 8.08. The van der Waals surface area contributed by atoms with Gasteiger partial charge in [-0.25, -0.2) is 0 Å². The number of hydrogen-bond donors (Lipinski definition) is 1. The van der Waals surface area contributed by atoms with Crippen LogP contribution in [0.1, 0.15) is 18.1 Å². The van der Waals surface area contributed by atoms with Gasteiger partial charge in [0.15, 0.2) is 0 Å². The lowest BCUT2D eigenvalue weighted by Crippen LogP contribution is -2.18. The largest absolute Gasteiger partial charge is 0.457 e. The minimum absolute atomic E-state index is 0.688. The second kappa shape index (κ2) is 6.59. The van der Waals surface area contributed by atoms with E-state index in [0.717, 1.165) is 43.1 Å². The Labute approximate surface area is 136 Å². The lowest BCUT2D eigenvalue weighted by atomic mass is 10.1. The molecule has 3 nitrogen and oxygen atoms in total. The maximum Gasteiger partial charge on any atom is 0.133 e. The van der Waals surface area contributed by atoms with Gasteiger partial charge in [-0.05, 0) is 56.3 Å². The van der Waals surface area contributed by atoms with E-state index in [0.29, 0.717) is 5.02 Å². The Balaban J connectivity index is 1.86. The summed E-state index contributed by atoms with van der Waals surface area (Å²) in [7, 11) is 1.92. The van der Waals surface area contributed by atoms with E-state index in [-0.39, 0.29) is 0 Å². The number of fused-ring (bicyclic) bond motifs is 1. The minimum Gasteiger partial charge on any atom is -0.457 e. The molecule has 3 rings (SSSR count). The summed E-state index contributed by atoms with van der Waals surface area (Å²) >= 11 is 6.11. The van der Waals surface area contributed by atoms with Crippen molar-refractivity contribution in [3.8, 4) is 11.5 Å². The molecule has 0 bridgehead atoms. The Bertz CT molecular complexity index is 672. The van der Waals surface area contributed by atoms with Crippen molar-refractivity contribution in [3.63, 3.8) is 0 Å². The molecule has 0 spiro atoms. The number of halogens is 1. The summed E-state index contributed by atoms with van der Waals surface area (Å²) < 4.78 is 6.09. The molecule has 1 N–H and O–H groups in total. The number of likely N-dealkylation sites (N-methyl/N-ethyl adjacent to an activating group) is 1. The summed E-state index contributed by atoms with van der Waals surface area (Å²) in [5.41, 5.74) is 3.79. The van der Waals surface area contributed by atoms with Crippen LogP contribution in [0.4, 0.5) is 5.69 Å². The summed E-state index contributed by atoms with van der Waals surface area (Å²) in [6.07, 6.45) is 1.08. The Morgan fingerprint density at radius 3 is 2.86 bits per heavy atom. The molecule has 0 saturated heterocycles. The number of hydrogen-bond acceptors (Lipinski definition) is 3. The van der Waals surface area contributed by atoms with Gasteiger partial charge in [-0.15, -0.1) is 0 Å². The normalized spacial score (nSPS) is 13.3. The molecule has 2 aromatic carbocycles. The van der Waals surface area contributed by atoms with Crippen LogP contribution in [-0.4, -0.2) is 20.1 Å². The lowest BCUT2D eigenvalue weighted by Gasteiger charge is -2.17. The van der Waals surface area contributed by atoms with E-state index in [1.54, 1.807) is 0 Å². The van der Waals surface area contributed by atoms with Gasteiger partial charge in [0.25, 0.3) is 0 Å². The SMILES string of the molecule is CCN1CCc2cc(Oc3cc(Cl)ccc3CNC)ccc21. The van der Waals surface area contributed by atoms with Crippen molar-refractivity contribution in [1.29, 1.82) is 0 Å². The molecule has 0 fully saturated rings. The zero-order valence-corrected chi connectivity index (χ0v) is 13.8. The molecule has 1 aliphatic rings. The fourth-order valence-corrected chi connectivity index (χ4v) is 3.09. The van der Waals surface area contributed by atoms with Gasteiger partial charge in [-0.2, -0.15) is 0 Å². The molecular weight excluding hydrogens is 296 g/mol. The van der Waals surface area contributed by atoms with Crippen LogP contribution in [-0.2, 0) is 13.0 Å². The number of nitrogens with zero attached hydrogens (tertiary/aromatic N) is 1. The van der Waals surface area contributed by atoms with Gasteiger partial charge in [-0.3, -0.25) is 0 Å². The maximum atomic E-state index is 6.11. The van der Waals surface area contributed by atoms with Gasteiger partial charge in [0.2, 0.25) is 0 Å². The highest BCUT2D eigenvalue weighted by molar-refractivity contribution is 6.30. The summed E-state index contributed by atoms with van der Waals surface area (Å²) in [6.45, 7) is 5.09. The molecule has 0 saturated carbocycles. The zero-order valence-electron chi connectivity index (χ0n) is 13.0. The lowest BCUT2D eigenvalue weighted by molar-refractivity contribution is 0.474. The van der Waals surface area contributed by atoms with Gasteiger partial charge in [-0.1, -0.05) is 17.7 Å². The van der Waals surface area contributed by atoms with Crippen molar-refractivity contribution in [3.05, 3.63) is 52.5 Å². The second-order valence-electron chi connectivity index (χ2n) is 5.50. The third-order valence-corrected chi connectivity index (χ3v) is 4.28. The maximum absolute atomic E-state index is 6.11. The Hall–Kier alpha value is -1.71. The van der Waals surface area contributed by atoms with Crippen LogP contribution >= 0.6 is 11.6 Å². The Morgan fingerprint density at radius 1 is 1.23 bits per heavy atom. The van der Waals surface area contributed by atoms with E-state index >= 15 is 0 Å². The highest BCUT2D eigenvalue weighted by atomic mass is 35.5. The summed E-state index contributed by atoms with van der Waals surface area (Å²) in [5.74, 6) is 1.68. The summed E-state index contributed by atoms with van der Waals surface area (Å²) in [4.78, 5) is 2.39. The van der Waals surface area contributed by atoms with E-state index in [9.17, 15) is 0 Å². The molecule has 0 aliphatic carbocycles. The smallest absolute Gasteiger partial charge is 0.133 e. The molecule has 0 atom stereocenters. The van der Waals surface area contributed by atoms with E-state index < -0.39 is 0 Å². The van der Waals surface area contributed by atoms with Gasteiger partial charge in [0.05, 0.1) is 0 Å². The van der Waals surface area contributed by atoms with Gasteiger partial charge in [0, 0.05) is 35.9 Å². The first-order valence-electron chi connectivity index (χ1n) is 7.70. The monoisotopic (exact) mass is 316 g/mol. The highest BCUT2D eigenvalue weighted by Crippen LogP contribution is 2.34. The van der Waals surface area contributed by atoms with Gasteiger partial charge < -0.3 is 15.0 Å². The van der Waals surface area contributed by atoms with Crippen molar-refractivity contribution in [2.24, 2.45) is 0 Å². The van der Waals surface area contributed by atoms with Gasteiger partial charge in [0.1, 0.15) is 11.5 Å². The average Bonchev–Trinajstić information content (AvgIpc) is 2.92. The average molecular weight is 317 g/mol. The zero-order chi connectivity index (χ0) is 15.5. The van der Waals surface area contributed by atoms with Gasteiger partial charge >= 0.3 is 0 Å². The molecule has 0 aromatic heterocycles. The van der Waals surface area contributed by atoms with Crippen LogP contribution in [0.15, 0.2) is 36.4 Å². The van der Waals surface area contributed by atoms with Crippen molar-refractivity contribution < 1.29 is 4.74 Å². The molecule has 0 unspecified atom stereocenters. The Kier molecular flexibility index (Phi) is 4.55. The second-order valence-corrected chi connectivity index (χ2v) is 5.94. The molecule has 0 radical (unpaired) electrons. The number of anilines is 1. The van der Waals surface area contributed by atoms with Crippen molar-refractivity contribution in [1.82, 2.24) is 5.32 Å². The fraction of sp³-hybridized carbons (Fsp3) is 0.333. The molecule has 22 heavy (non-hydrogen) atoms. The summed E-state index contributed by atoms with van der Waals surface area (Å²) in [6, 6.07) is 12.1. The standard InChI is InChI=1S/C18H21ClN2O/c1-3-21-9-8-13-10-16(6-7-17(13)21)22-18-11-15(19)5-4-14(18)12-20-2/h4-7,10-11,20H,3,8-9,12H2,1-2H3. The van der Waals surface area contributed by atoms with Crippen LogP contribution in [0.3, 0.4) is 0 Å². The number of nitrogens with one attached hydrogen (secondary N) is 1. The van der Waals surface area contributed by atoms with E-state index in [1.807, 2.05) is 31.3 Å². The molecule has 2 aromatic rings. The van der Waals surface area contributed by atoms with Crippen LogP contribution < -0.4 is 15.0 Å². The molecule has 0 amide bonds. The molecule has 4 heteroatoms. The number of rotatable bonds is 5. The van der Waals surface area contributed by atoms with Crippen LogP contribution in [0.2, 0.25) is 5.02 Å². The predicted molar refractivity (Wildman–Crippen MR) is 92.3 cm³/mol. The van der Waals surface area contributed by atoms with E-state index in [4.69, 9.17) is 16.3 Å². The first kappa shape index (κ1) is 15.2. The predicted octanol–water partition coefficient (Wildman–Crippen LogP) is 4.23. The molecular formula is C18H21ClN2O. The Morgan fingerprint density at radius 2 is 2.09 bits per heavy atom. The van der Waals surface area contributed by atoms with Crippen LogP contribution in [0.25, 0.3) is 0 Å². The van der Waals surface area contributed by atoms with Crippen molar-refractivity contribution >= 4 is 17.3 Å². The van der Waals surface area contributed by atoms with Crippen molar-refractivity contribution in [2.75, 3.05) is 25.0 Å². The topological polar surface area (TPSA) is 24.5 Å². The quantitative estimate of drug-likeness (QED) is 0.893. The number of ether oxygens (including phenoxy) is 1. The summed E-state index contributed by atoms with van der Waals surface area (Å²) in [5, 5.41) is 3.84. The van der Waals surface area contributed by atoms with E-state index in [1.165, 1.54) is 11.3 Å². The minimum atomic E-state index is 0.688. The number of benzene rings is 2. The molecule has 116 valence electrons. The third kappa shape index (κ3) is 3.06. The van der Waals surface area contributed by atoms with Crippen molar-refractivity contribution in [2.45, 2.75) is 19.9 Å². The van der Waals surface area contributed by atoms with Crippen LogP contribution in [0, 0.1) is 0 Å². The highest BCUT2D eigenvalue weighted by Gasteiger charge is 2.18. The van der Waals surface area contributed by atoms with Crippen LogP contribution in [0.5, 0.6) is 11.5 Å². The molecule has 1 heterocycles. The first-order chi connectivity index (χ1) is 10.7.